The molecule has 3 aliphatic heterocycles. The van der Waals surface area contributed by atoms with Gasteiger partial charge in [0, 0.05) is 69.4 Å². The lowest BCUT2D eigenvalue weighted by molar-refractivity contribution is -0.151. The van der Waals surface area contributed by atoms with Crippen molar-refractivity contribution in [1.29, 1.82) is 5.41 Å². The topological polar surface area (TPSA) is 114 Å². The molecule has 1 spiro atoms. The van der Waals surface area contributed by atoms with Crippen LogP contribution in [0.5, 0.6) is 0 Å². The molecule has 3 fully saturated rings. The molecule has 2 aromatic rings. The van der Waals surface area contributed by atoms with E-state index in [-0.39, 0.29) is 41.2 Å². The zero-order chi connectivity index (χ0) is 30.3. The summed E-state index contributed by atoms with van der Waals surface area (Å²) in [5.74, 6) is 0.167. The minimum absolute atomic E-state index is 0.00229. The van der Waals surface area contributed by atoms with Crippen molar-refractivity contribution >= 4 is 29.1 Å². The number of nitrogens with zero attached hydrogens (tertiary/aromatic N) is 4. The van der Waals surface area contributed by atoms with Gasteiger partial charge in [-0.2, -0.15) is 0 Å². The fourth-order valence-electron chi connectivity index (χ4n) is 7.76. The number of nitrogens with one attached hydrogen (secondary N) is 1. The lowest BCUT2D eigenvalue weighted by Crippen LogP contribution is -2.55. The molecule has 4 aliphatic rings. The normalized spacial score (nSPS) is 22.2. The number of fused-ring (bicyclic) bond motifs is 1. The minimum atomic E-state index is -0.618. The SMILES string of the molecule is CC(=O)c1ccc(CC(=O)[C@H]2c3cccc(N4CCN(C)CC4)c3CCN2C(=O)C2CC3(CCN(C(=N)N)CC3)C2)cc1. The molecule has 1 atom stereocenters. The van der Waals surface area contributed by atoms with Gasteiger partial charge in [0.25, 0.3) is 0 Å². The largest absolute Gasteiger partial charge is 0.370 e. The number of piperidine rings is 1. The first-order chi connectivity index (χ1) is 20.6. The smallest absolute Gasteiger partial charge is 0.226 e. The number of likely N-dealkylation sites (N-methyl/N-ethyl adjacent to an activating group) is 1. The molecule has 3 heterocycles. The number of ketones is 2. The number of carbonyl (C=O) groups excluding carboxylic acids is 3. The van der Waals surface area contributed by atoms with Crippen LogP contribution >= 0.6 is 0 Å². The third kappa shape index (κ3) is 5.79. The Labute approximate surface area is 254 Å². The highest BCUT2D eigenvalue weighted by molar-refractivity contribution is 5.95. The molecule has 3 N–H and O–H groups in total. The van der Waals surface area contributed by atoms with E-state index in [1.165, 1.54) is 18.2 Å². The standard InChI is InChI=1S/C34H44N6O3/c1-23(41)25-8-6-24(7-9-25)20-30(42)31-28-4-3-5-29(38-18-16-37(2)17-19-38)27(28)10-13-40(31)32(43)26-21-34(22-26)11-14-39(15-12-34)33(35)36/h3-9,26,31H,10-22H2,1-2H3,(H3,35,36)/t31-/m1/s1. The van der Waals surface area contributed by atoms with Crippen LogP contribution in [0.15, 0.2) is 42.5 Å². The maximum Gasteiger partial charge on any atom is 0.226 e. The number of nitrogens with two attached hydrogens (primary N) is 1. The zero-order valence-electron chi connectivity index (χ0n) is 25.5. The third-order valence-corrected chi connectivity index (χ3v) is 10.4. The van der Waals surface area contributed by atoms with E-state index >= 15 is 0 Å². The lowest BCUT2D eigenvalue weighted by atomic mass is 9.57. The van der Waals surface area contributed by atoms with E-state index in [2.05, 4.69) is 29.0 Å². The van der Waals surface area contributed by atoms with E-state index in [0.717, 1.165) is 82.5 Å². The van der Waals surface area contributed by atoms with Crippen molar-refractivity contribution in [3.63, 3.8) is 0 Å². The molecule has 0 aromatic heterocycles. The quantitative estimate of drug-likeness (QED) is 0.304. The van der Waals surface area contributed by atoms with Gasteiger partial charge in [-0.25, -0.2) is 0 Å². The van der Waals surface area contributed by atoms with Crippen molar-refractivity contribution in [3.8, 4) is 0 Å². The van der Waals surface area contributed by atoms with Gasteiger partial charge in [0.2, 0.25) is 5.91 Å². The number of likely N-dealkylation sites (tertiary alicyclic amines) is 1. The first kappa shape index (κ1) is 29.4. The Kier molecular flexibility index (Phi) is 8.02. The minimum Gasteiger partial charge on any atom is -0.370 e. The van der Waals surface area contributed by atoms with Gasteiger partial charge in [-0.05, 0) is 74.2 Å². The average Bonchev–Trinajstić information content (AvgIpc) is 2.99. The van der Waals surface area contributed by atoms with Crippen LogP contribution in [0.1, 0.15) is 65.7 Å². The first-order valence-corrected chi connectivity index (χ1v) is 15.7. The number of piperazine rings is 1. The van der Waals surface area contributed by atoms with E-state index in [9.17, 15) is 14.4 Å². The van der Waals surface area contributed by atoms with Crippen molar-refractivity contribution in [2.75, 3.05) is 57.8 Å². The van der Waals surface area contributed by atoms with Crippen LogP contribution < -0.4 is 10.6 Å². The maximum atomic E-state index is 14.2. The zero-order valence-corrected chi connectivity index (χ0v) is 25.5. The second-order valence-electron chi connectivity index (χ2n) is 13.2. The summed E-state index contributed by atoms with van der Waals surface area (Å²) in [5.41, 5.74) is 10.7. The number of rotatable bonds is 6. The Morgan fingerprint density at radius 1 is 0.930 bits per heavy atom. The Morgan fingerprint density at radius 2 is 1.60 bits per heavy atom. The summed E-state index contributed by atoms with van der Waals surface area (Å²) in [5, 5.41) is 7.75. The molecular formula is C34H44N6O3. The fourth-order valence-corrected chi connectivity index (χ4v) is 7.76. The van der Waals surface area contributed by atoms with Gasteiger partial charge in [-0.1, -0.05) is 36.4 Å². The molecule has 0 bridgehead atoms. The van der Waals surface area contributed by atoms with Crippen molar-refractivity contribution in [1.82, 2.24) is 14.7 Å². The molecule has 2 aromatic carbocycles. The molecule has 0 radical (unpaired) electrons. The van der Waals surface area contributed by atoms with Crippen molar-refractivity contribution < 1.29 is 14.4 Å². The second kappa shape index (κ2) is 11.8. The monoisotopic (exact) mass is 584 g/mol. The predicted molar refractivity (Wildman–Crippen MR) is 167 cm³/mol. The van der Waals surface area contributed by atoms with Gasteiger partial charge < -0.3 is 25.3 Å². The van der Waals surface area contributed by atoms with Crippen LogP contribution in [0.2, 0.25) is 0 Å². The summed E-state index contributed by atoms with van der Waals surface area (Å²) in [7, 11) is 2.15. The van der Waals surface area contributed by atoms with Gasteiger partial charge in [0.1, 0.15) is 6.04 Å². The van der Waals surface area contributed by atoms with Crippen LogP contribution in [0.25, 0.3) is 0 Å². The van der Waals surface area contributed by atoms with Crippen LogP contribution in [0.3, 0.4) is 0 Å². The number of hydrogen-bond donors (Lipinski definition) is 2. The van der Waals surface area contributed by atoms with Crippen LogP contribution in [-0.4, -0.2) is 91.0 Å². The van der Waals surface area contributed by atoms with E-state index in [4.69, 9.17) is 11.1 Å². The van der Waals surface area contributed by atoms with E-state index in [1.807, 2.05) is 28.0 Å². The number of anilines is 1. The van der Waals surface area contributed by atoms with Crippen LogP contribution in [0.4, 0.5) is 5.69 Å². The van der Waals surface area contributed by atoms with E-state index in [1.54, 1.807) is 12.1 Å². The molecular weight excluding hydrogens is 540 g/mol. The lowest BCUT2D eigenvalue weighted by Gasteiger charge is -2.53. The van der Waals surface area contributed by atoms with E-state index < -0.39 is 6.04 Å². The number of hydrogen-bond acceptors (Lipinski definition) is 6. The Bertz CT molecular complexity index is 1400. The Balaban J connectivity index is 1.25. The highest BCUT2D eigenvalue weighted by atomic mass is 16.2. The molecule has 9 nitrogen and oxygen atoms in total. The summed E-state index contributed by atoms with van der Waals surface area (Å²) in [6, 6.07) is 12.9. The molecule has 6 rings (SSSR count). The van der Waals surface area contributed by atoms with Gasteiger partial charge >= 0.3 is 0 Å². The molecule has 2 saturated heterocycles. The summed E-state index contributed by atoms with van der Waals surface area (Å²) in [4.78, 5) is 48.7. The fraction of sp³-hybridized carbons (Fsp3) is 0.529. The number of benzene rings is 2. The number of Topliss-reactive ketones (excluding diaryl/α,β-unsaturated/α-hetero) is 2. The molecule has 1 aliphatic carbocycles. The summed E-state index contributed by atoms with van der Waals surface area (Å²) >= 11 is 0. The molecule has 1 saturated carbocycles. The number of guanidine groups is 1. The molecule has 0 unspecified atom stereocenters. The van der Waals surface area contributed by atoms with Gasteiger partial charge in [-0.15, -0.1) is 0 Å². The predicted octanol–water partition coefficient (Wildman–Crippen LogP) is 3.26. The highest BCUT2D eigenvalue weighted by Gasteiger charge is 2.51. The molecule has 43 heavy (non-hydrogen) atoms. The maximum absolute atomic E-state index is 14.2. The van der Waals surface area contributed by atoms with Crippen LogP contribution in [-0.2, 0) is 22.4 Å². The number of amides is 1. The van der Waals surface area contributed by atoms with Crippen molar-refractivity contribution in [2.24, 2.45) is 17.1 Å². The van der Waals surface area contributed by atoms with Gasteiger partial charge in [0.05, 0.1) is 0 Å². The van der Waals surface area contributed by atoms with E-state index in [0.29, 0.717) is 12.1 Å². The molecule has 228 valence electrons. The number of carbonyl (C=O) groups is 3. The van der Waals surface area contributed by atoms with Gasteiger partial charge in [0.15, 0.2) is 17.5 Å². The van der Waals surface area contributed by atoms with Crippen LogP contribution in [0, 0.1) is 16.7 Å². The first-order valence-electron chi connectivity index (χ1n) is 15.7. The molecule has 1 amide bonds. The highest BCUT2D eigenvalue weighted by Crippen LogP contribution is 2.54. The van der Waals surface area contributed by atoms with Crippen molar-refractivity contribution in [2.45, 2.75) is 51.5 Å². The van der Waals surface area contributed by atoms with Crippen molar-refractivity contribution in [3.05, 3.63) is 64.7 Å². The summed E-state index contributed by atoms with van der Waals surface area (Å²) in [6.07, 6.45) is 4.54. The second-order valence-corrected chi connectivity index (χ2v) is 13.2. The third-order valence-electron chi connectivity index (χ3n) is 10.4. The Hall–Kier alpha value is -3.72. The van der Waals surface area contributed by atoms with Gasteiger partial charge in [-0.3, -0.25) is 19.8 Å². The average molecular weight is 585 g/mol. The molecule has 9 heteroatoms. The summed E-state index contributed by atoms with van der Waals surface area (Å²) in [6.45, 7) is 7.51. The summed E-state index contributed by atoms with van der Waals surface area (Å²) < 4.78 is 0. The Morgan fingerprint density at radius 3 is 2.23 bits per heavy atom.